The van der Waals surface area contributed by atoms with Gasteiger partial charge in [-0.15, -0.1) is 0 Å². The molecule has 0 heterocycles. The molecule has 2 aromatic rings. The molecule has 0 saturated heterocycles. The summed E-state index contributed by atoms with van der Waals surface area (Å²) in [5.41, 5.74) is 1.91. The van der Waals surface area contributed by atoms with Gasteiger partial charge in [-0.2, -0.15) is 0 Å². The van der Waals surface area contributed by atoms with Gasteiger partial charge in [-0.1, -0.05) is 24.3 Å². The maximum atomic E-state index is 11.8. The zero-order valence-electron chi connectivity index (χ0n) is 12.4. The van der Waals surface area contributed by atoms with E-state index < -0.39 is 0 Å². The fourth-order valence-electron chi connectivity index (χ4n) is 1.97. The topological polar surface area (TPSA) is 50.4 Å². The Morgan fingerprint density at radius 3 is 2.55 bits per heavy atom. The smallest absolute Gasteiger partial charge is 0.319 e. The van der Waals surface area contributed by atoms with Gasteiger partial charge in [0.25, 0.3) is 0 Å². The zero-order chi connectivity index (χ0) is 15.8. The minimum Gasteiger partial charge on any atom is -0.494 e. The maximum Gasteiger partial charge on any atom is 0.319 e. The highest BCUT2D eigenvalue weighted by Crippen LogP contribution is 2.20. The number of nitrogens with one attached hydrogen (secondary N) is 2. The lowest BCUT2D eigenvalue weighted by molar-refractivity contribution is 0.252. The van der Waals surface area contributed by atoms with E-state index in [1.54, 1.807) is 0 Å². The van der Waals surface area contributed by atoms with E-state index in [-0.39, 0.29) is 6.03 Å². The lowest BCUT2D eigenvalue weighted by Gasteiger charge is -2.09. The Hall–Kier alpha value is -2.01. The zero-order valence-corrected chi connectivity index (χ0v) is 14.0. The van der Waals surface area contributed by atoms with Crippen molar-refractivity contribution in [1.29, 1.82) is 0 Å². The number of hydrogen-bond donors (Lipinski definition) is 2. The number of carbonyl (C=O) groups is 1. The quantitative estimate of drug-likeness (QED) is 0.808. The van der Waals surface area contributed by atoms with Crippen molar-refractivity contribution in [2.24, 2.45) is 0 Å². The van der Waals surface area contributed by atoms with Crippen molar-refractivity contribution < 1.29 is 9.53 Å². The molecule has 0 aliphatic carbocycles. The van der Waals surface area contributed by atoms with Crippen LogP contribution in [0.4, 0.5) is 10.5 Å². The Balaban J connectivity index is 1.76. The molecule has 0 spiro atoms. The number of hydrogen-bond acceptors (Lipinski definition) is 2. The lowest BCUT2D eigenvalue weighted by atomic mass is 10.1. The summed E-state index contributed by atoms with van der Waals surface area (Å²) in [5, 5.41) is 5.65. The monoisotopic (exact) mass is 362 g/mol. The van der Waals surface area contributed by atoms with E-state index in [0.717, 1.165) is 27.9 Å². The Bertz CT molecular complexity index is 614. The molecular weight excluding hydrogens is 344 g/mol. The van der Waals surface area contributed by atoms with Crippen LogP contribution in [-0.4, -0.2) is 19.2 Å². The molecule has 5 heteroatoms. The fourth-order valence-corrected chi connectivity index (χ4v) is 2.35. The molecule has 0 radical (unpaired) electrons. The number of carbonyl (C=O) groups excluding carboxylic acids is 1. The van der Waals surface area contributed by atoms with E-state index in [1.165, 1.54) is 0 Å². The van der Waals surface area contributed by atoms with Crippen molar-refractivity contribution in [3.05, 3.63) is 58.6 Å². The second-order valence-corrected chi connectivity index (χ2v) is 5.54. The number of amides is 2. The van der Waals surface area contributed by atoms with Crippen LogP contribution in [0.5, 0.6) is 5.75 Å². The van der Waals surface area contributed by atoms with Crippen molar-refractivity contribution in [3.63, 3.8) is 0 Å². The van der Waals surface area contributed by atoms with Crippen LogP contribution in [0, 0.1) is 0 Å². The van der Waals surface area contributed by atoms with E-state index >= 15 is 0 Å². The van der Waals surface area contributed by atoms with Crippen LogP contribution >= 0.6 is 15.9 Å². The minimum absolute atomic E-state index is 0.210. The van der Waals surface area contributed by atoms with Gasteiger partial charge in [0.2, 0.25) is 0 Å². The van der Waals surface area contributed by atoms with Crippen LogP contribution in [0.1, 0.15) is 12.5 Å². The number of benzene rings is 2. The Morgan fingerprint density at radius 2 is 1.86 bits per heavy atom. The summed E-state index contributed by atoms with van der Waals surface area (Å²) in [6, 6.07) is 15.2. The molecule has 2 amide bonds. The Kier molecular flexibility index (Phi) is 6.27. The second kappa shape index (κ2) is 8.44. The number of urea groups is 1. The summed E-state index contributed by atoms with van der Waals surface area (Å²) < 4.78 is 6.25. The number of ether oxygens (including phenoxy) is 1. The largest absolute Gasteiger partial charge is 0.494 e. The molecule has 22 heavy (non-hydrogen) atoms. The summed E-state index contributed by atoms with van der Waals surface area (Å²) in [5.74, 6) is 0.867. The second-order valence-electron chi connectivity index (χ2n) is 4.69. The highest BCUT2D eigenvalue weighted by molar-refractivity contribution is 9.10. The first-order chi connectivity index (χ1) is 10.7. The Morgan fingerprint density at radius 1 is 1.14 bits per heavy atom. The van der Waals surface area contributed by atoms with Crippen LogP contribution in [-0.2, 0) is 6.42 Å². The SMILES string of the molecule is CCOc1ccc(CCNC(=O)Nc2ccccc2Br)cc1. The average molecular weight is 363 g/mol. The van der Waals surface area contributed by atoms with Gasteiger partial charge < -0.3 is 15.4 Å². The normalized spacial score (nSPS) is 10.1. The van der Waals surface area contributed by atoms with Crippen molar-refractivity contribution in [3.8, 4) is 5.75 Å². The van der Waals surface area contributed by atoms with E-state index in [2.05, 4.69) is 26.6 Å². The number of rotatable bonds is 6. The molecule has 0 aliphatic rings. The number of halogens is 1. The van der Waals surface area contributed by atoms with Gasteiger partial charge in [-0.3, -0.25) is 0 Å². The molecular formula is C17H19BrN2O2. The van der Waals surface area contributed by atoms with Gasteiger partial charge in [-0.25, -0.2) is 4.79 Å². The maximum absolute atomic E-state index is 11.8. The van der Waals surface area contributed by atoms with Crippen molar-refractivity contribution >= 4 is 27.6 Å². The first-order valence-electron chi connectivity index (χ1n) is 7.20. The summed E-state index contributed by atoms with van der Waals surface area (Å²) >= 11 is 3.39. The molecule has 0 aromatic heterocycles. The molecule has 0 atom stereocenters. The highest BCUT2D eigenvalue weighted by Gasteiger charge is 2.04. The first kappa shape index (κ1) is 16.4. The van der Waals surface area contributed by atoms with Crippen molar-refractivity contribution in [1.82, 2.24) is 5.32 Å². The predicted molar refractivity (Wildman–Crippen MR) is 92.5 cm³/mol. The van der Waals surface area contributed by atoms with Gasteiger partial charge in [0.05, 0.1) is 12.3 Å². The van der Waals surface area contributed by atoms with Gasteiger partial charge in [0, 0.05) is 11.0 Å². The summed E-state index contributed by atoms with van der Waals surface area (Å²) in [4.78, 5) is 11.8. The predicted octanol–water partition coefficient (Wildman–Crippen LogP) is 4.21. The number of anilines is 1. The van der Waals surface area contributed by atoms with Crippen LogP contribution in [0.2, 0.25) is 0 Å². The third-order valence-electron chi connectivity index (χ3n) is 3.06. The molecule has 2 rings (SSSR count). The summed E-state index contributed by atoms with van der Waals surface area (Å²) in [7, 11) is 0. The molecule has 116 valence electrons. The molecule has 0 unspecified atom stereocenters. The van der Waals surface area contributed by atoms with Crippen molar-refractivity contribution in [2.75, 3.05) is 18.5 Å². The third-order valence-corrected chi connectivity index (χ3v) is 3.75. The summed E-state index contributed by atoms with van der Waals surface area (Å²) in [6.07, 6.45) is 0.774. The third kappa shape index (κ3) is 5.07. The van der Waals surface area contributed by atoms with E-state index in [0.29, 0.717) is 13.2 Å². The summed E-state index contributed by atoms with van der Waals surface area (Å²) in [6.45, 7) is 3.20. The Labute approximate surface area is 139 Å². The van der Waals surface area contributed by atoms with Crippen LogP contribution in [0.15, 0.2) is 53.0 Å². The van der Waals surface area contributed by atoms with E-state index in [4.69, 9.17) is 4.74 Å². The van der Waals surface area contributed by atoms with Crippen molar-refractivity contribution in [2.45, 2.75) is 13.3 Å². The fraction of sp³-hybridized carbons (Fsp3) is 0.235. The minimum atomic E-state index is -0.210. The molecule has 0 aliphatic heterocycles. The van der Waals surface area contributed by atoms with Crippen LogP contribution in [0.25, 0.3) is 0 Å². The van der Waals surface area contributed by atoms with Crippen LogP contribution < -0.4 is 15.4 Å². The average Bonchev–Trinajstić information content (AvgIpc) is 2.52. The molecule has 0 fully saturated rings. The van der Waals surface area contributed by atoms with Gasteiger partial charge in [-0.05, 0) is 59.1 Å². The standard InChI is InChI=1S/C17H19BrN2O2/c1-2-22-14-9-7-13(8-10-14)11-12-19-17(21)20-16-6-4-3-5-15(16)18/h3-10H,2,11-12H2,1H3,(H2,19,20,21). The lowest BCUT2D eigenvalue weighted by Crippen LogP contribution is -2.30. The van der Waals surface area contributed by atoms with E-state index in [1.807, 2.05) is 55.5 Å². The van der Waals surface area contributed by atoms with Gasteiger partial charge in [0.1, 0.15) is 5.75 Å². The highest BCUT2D eigenvalue weighted by atomic mass is 79.9. The van der Waals surface area contributed by atoms with Gasteiger partial charge >= 0.3 is 6.03 Å². The van der Waals surface area contributed by atoms with E-state index in [9.17, 15) is 4.79 Å². The van der Waals surface area contributed by atoms with Crippen LogP contribution in [0.3, 0.4) is 0 Å². The molecule has 2 N–H and O–H groups in total. The van der Waals surface area contributed by atoms with Gasteiger partial charge in [0.15, 0.2) is 0 Å². The molecule has 0 saturated carbocycles. The number of para-hydroxylation sites is 1. The first-order valence-corrected chi connectivity index (χ1v) is 7.99. The molecule has 0 bridgehead atoms. The molecule has 4 nitrogen and oxygen atoms in total. The molecule has 2 aromatic carbocycles.